The van der Waals surface area contributed by atoms with Gasteiger partial charge in [-0.25, -0.2) is 4.98 Å². The number of hydrogen-bond donors (Lipinski definition) is 1. The van der Waals surface area contributed by atoms with E-state index < -0.39 is 0 Å². The molecule has 1 saturated carbocycles. The third kappa shape index (κ3) is 2.56. The van der Waals surface area contributed by atoms with Crippen LogP contribution in [-0.4, -0.2) is 11.0 Å². The smallest absolute Gasteiger partial charge is 0.145 e. The Morgan fingerprint density at radius 1 is 1.47 bits per heavy atom. The Bertz CT molecular complexity index is 350. The summed E-state index contributed by atoms with van der Waals surface area (Å²) in [4.78, 5) is 4.18. The van der Waals surface area contributed by atoms with E-state index in [1.165, 1.54) is 19.3 Å². The van der Waals surface area contributed by atoms with E-state index in [1.807, 2.05) is 0 Å². The zero-order chi connectivity index (χ0) is 10.8. The van der Waals surface area contributed by atoms with E-state index in [9.17, 15) is 0 Å². The van der Waals surface area contributed by atoms with E-state index in [4.69, 9.17) is 23.2 Å². The molecule has 82 valence electrons. The first-order valence-electron chi connectivity index (χ1n) is 5.24. The molecule has 1 aromatic heterocycles. The Morgan fingerprint density at radius 2 is 2.20 bits per heavy atom. The van der Waals surface area contributed by atoms with Crippen molar-refractivity contribution in [3.05, 3.63) is 22.3 Å². The summed E-state index contributed by atoms with van der Waals surface area (Å²) in [5.74, 6) is 1.50. The fraction of sp³-hybridized carbons (Fsp3) is 0.545. The van der Waals surface area contributed by atoms with Crippen molar-refractivity contribution in [1.29, 1.82) is 0 Å². The fourth-order valence-electron chi connectivity index (χ4n) is 1.79. The number of nitrogens with one attached hydrogen (secondary N) is 1. The van der Waals surface area contributed by atoms with Crippen LogP contribution in [0, 0.1) is 5.92 Å². The topological polar surface area (TPSA) is 24.9 Å². The second-order valence-corrected chi connectivity index (χ2v) is 4.95. The van der Waals surface area contributed by atoms with Crippen molar-refractivity contribution in [3.8, 4) is 0 Å². The van der Waals surface area contributed by atoms with Crippen LogP contribution >= 0.6 is 23.2 Å². The highest BCUT2D eigenvalue weighted by atomic mass is 35.5. The van der Waals surface area contributed by atoms with Gasteiger partial charge in [-0.2, -0.15) is 0 Å². The van der Waals surface area contributed by atoms with Gasteiger partial charge in [0.05, 0.1) is 10.0 Å². The first-order valence-corrected chi connectivity index (χ1v) is 6.00. The Labute approximate surface area is 100.0 Å². The van der Waals surface area contributed by atoms with Crippen LogP contribution in [0.25, 0.3) is 0 Å². The molecule has 0 bridgehead atoms. The van der Waals surface area contributed by atoms with Gasteiger partial charge in [0.25, 0.3) is 0 Å². The lowest BCUT2D eigenvalue weighted by Crippen LogP contribution is -2.31. The summed E-state index contributed by atoms with van der Waals surface area (Å²) in [6.45, 7) is 2.18. The highest BCUT2D eigenvalue weighted by Gasteiger charge is 2.24. The van der Waals surface area contributed by atoms with Crippen molar-refractivity contribution >= 4 is 29.0 Å². The summed E-state index contributed by atoms with van der Waals surface area (Å²) in [5, 5.41) is 4.50. The number of pyridine rings is 1. The van der Waals surface area contributed by atoms with Gasteiger partial charge in [0.2, 0.25) is 0 Å². The predicted molar refractivity (Wildman–Crippen MR) is 64.7 cm³/mol. The van der Waals surface area contributed by atoms with Crippen LogP contribution < -0.4 is 5.32 Å². The van der Waals surface area contributed by atoms with Crippen molar-refractivity contribution in [1.82, 2.24) is 4.98 Å². The molecule has 0 amide bonds. The maximum atomic E-state index is 6.03. The average Bonchev–Trinajstić information content (AvgIpc) is 2.07. The Kier molecular flexibility index (Phi) is 3.37. The van der Waals surface area contributed by atoms with E-state index in [0.717, 1.165) is 11.7 Å². The standard InChI is InChI=1S/C11H14Cl2N2/c1-7(8-3-2-4-8)15-11-10(13)5-9(12)6-14-11/h5-8H,2-4H2,1H3,(H,14,15). The lowest BCUT2D eigenvalue weighted by molar-refractivity contribution is 0.285. The summed E-state index contributed by atoms with van der Waals surface area (Å²) in [6.07, 6.45) is 5.57. The van der Waals surface area contributed by atoms with Crippen LogP contribution in [0.2, 0.25) is 10.0 Å². The van der Waals surface area contributed by atoms with Gasteiger partial charge in [0.15, 0.2) is 0 Å². The number of nitrogens with zero attached hydrogens (tertiary/aromatic N) is 1. The number of anilines is 1. The normalized spacial score (nSPS) is 18.3. The summed E-state index contributed by atoms with van der Waals surface area (Å²) < 4.78 is 0. The average molecular weight is 245 g/mol. The second-order valence-electron chi connectivity index (χ2n) is 4.11. The molecule has 0 aromatic carbocycles. The minimum atomic E-state index is 0.435. The third-order valence-electron chi connectivity index (χ3n) is 3.03. The molecule has 0 spiro atoms. The van der Waals surface area contributed by atoms with Crippen molar-refractivity contribution < 1.29 is 0 Å². The fourth-order valence-corrected chi connectivity index (χ4v) is 2.23. The van der Waals surface area contributed by atoms with E-state index >= 15 is 0 Å². The first-order chi connectivity index (χ1) is 7.16. The third-order valence-corrected chi connectivity index (χ3v) is 3.52. The van der Waals surface area contributed by atoms with Gasteiger partial charge in [0.1, 0.15) is 5.82 Å². The van der Waals surface area contributed by atoms with Crippen LogP contribution in [0.4, 0.5) is 5.82 Å². The molecule has 1 aliphatic carbocycles. The molecule has 1 aliphatic rings. The van der Waals surface area contributed by atoms with Gasteiger partial charge in [-0.1, -0.05) is 29.6 Å². The first kappa shape index (κ1) is 11.0. The molecule has 1 unspecified atom stereocenters. The molecular formula is C11H14Cl2N2. The van der Waals surface area contributed by atoms with Gasteiger partial charge in [-0.05, 0) is 31.7 Å². The van der Waals surface area contributed by atoms with Gasteiger partial charge in [-0.3, -0.25) is 0 Å². The zero-order valence-electron chi connectivity index (χ0n) is 8.63. The van der Waals surface area contributed by atoms with E-state index in [-0.39, 0.29) is 0 Å². The zero-order valence-corrected chi connectivity index (χ0v) is 10.1. The quantitative estimate of drug-likeness (QED) is 0.870. The summed E-state index contributed by atoms with van der Waals surface area (Å²) in [5.41, 5.74) is 0. The maximum absolute atomic E-state index is 6.03. The molecule has 1 fully saturated rings. The van der Waals surface area contributed by atoms with Crippen molar-refractivity contribution in [2.24, 2.45) is 5.92 Å². The maximum Gasteiger partial charge on any atom is 0.145 e. The Hall–Kier alpha value is -0.470. The minimum absolute atomic E-state index is 0.435. The number of hydrogen-bond acceptors (Lipinski definition) is 2. The molecule has 0 saturated heterocycles. The molecule has 2 nitrogen and oxygen atoms in total. The molecule has 1 atom stereocenters. The number of halogens is 2. The van der Waals surface area contributed by atoms with Crippen molar-refractivity contribution in [3.63, 3.8) is 0 Å². The van der Waals surface area contributed by atoms with Crippen molar-refractivity contribution in [2.75, 3.05) is 5.32 Å². The Morgan fingerprint density at radius 3 is 2.73 bits per heavy atom. The van der Waals surface area contributed by atoms with Gasteiger partial charge in [-0.15, -0.1) is 0 Å². The van der Waals surface area contributed by atoms with Crippen LogP contribution in [0.3, 0.4) is 0 Å². The Balaban J connectivity index is 2.03. The van der Waals surface area contributed by atoms with Crippen LogP contribution in [0.5, 0.6) is 0 Å². The minimum Gasteiger partial charge on any atom is -0.366 e. The SMILES string of the molecule is CC(Nc1ncc(Cl)cc1Cl)C1CCC1. The van der Waals surface area contributed by atoms with E-state index in [1.54, 1.807) is 12.3 Å². The molecule has 0 aliphatic heterocycles. The van der Waals surface area contributed by atoms with Crippen molar-refractivity contribution in [2.45, 2.75) is 32.2 Å². The summed E-state index contributed by atoms with van der Waals surface area (Å²) in [6, 6.07) is 2.15. The van der Waals surface area contributed by atoms with Crippen LogP contribution in [0.1, 0.15) is 26.2 Å². The highest BCUT2D eigenvalue weighted by Crippen LogP contribution is 2.32. The summed E-state index contributed by atoms with van der Waals surface area (Å²) in [7, 11) is 0. The van der Waals surface area contributed by atoms with Gasteiger partial charge < -0.3 is 5.32 Å². The monoisotopic (exact) mass is 244 g/mol. The molecule has 1 N–H and O–H groups in total. The highest BCUT2D eigenvalue weighted by molar-refractivity contribution is 6.35. The molecule has 1 aromatic rings. The molecule has 1 heterocycles. The summed E-state index contributed by atoms with van der Waals surface area (Å²) >= 11 is 11.8. The molecule has 2 rings (SSSR count). The lowest BCUT2D eigenvalue weighted by Gasteiger charge is -2.32. The molecule has 4 heteroatoms. The molecule has 0 radical (unpaired) electrons. The van der Waals surface area contributed by atoms with Gasteiger partial charge >= 0.3 is 0 Å². The molecule has 15 heavy (non-hydrogen) atoms. The predicted octanol–water partition coefficient (Wildman–Crippen LogP) is 3.99. The van der Waals surface area contributed by atoms with E-state index in [0.29, 0.717) is 16.1 Å². The second kappa shape index (κ2) is 4.58. The lowest BCUT2D eigenvalue weighted by atomic mass is 9.80. The van der Waals surface area contributed by atoms with Crippen LogP contribution in [-0.2, 0) is 0 Å². The van der Waals surface area contributed by atoms with E-state index in [2.05, 4.69) is 17.2 Å². The number of rotatable bonds is 3. The largest absolute Gasteiger partial charge is 0.366 e. The van der Waals surface area contributed by atoms with Crippen LogP contribution in [0.15, 0.2) is 12.3 Å². The molecular weight excluding hydrogens is 231 g/mol. The number of aromatic nitrogens is 1. The van der Waals surface area contributed by atoms with Gasteiger partial charge in [0, 0.05) is 12.2 Å².